The smallest absolute Gasteiger partial charge is 0.141 e. The van der Waals surface area contributed by atoms with E-state index in [1.807, 2.05) is 19.1 Å². The van der Waals surface area contributed by atoms with Gasteiger partial charge in [0.15, 0.2) is 0 Å². The predicted molar refractivity (Wildman–Crippen MR) is 72.1 cm³/mol. The summed E-state index contributed by atoms with van der Waals surface area (Å²) >= 11 is 0. The second-order valence-electron chi connectivity index (χ2n) is 4.51. The zero-order valence-electron chi connectivity index (χ0n) is 10.9. The molecule has 0 spiro atoms. The number of aryl methyl sites for hydroxylation is 1. The van der Waals surface area contributed by atoms with Crippen LogP contribution in [0.2, 0.25) is 0 Å². The molecule has 1 unspecified atom stereocenters. The molecular formula is C15H17FN2. The van der Waals surface area contributed by atoms with Crippen LogP contribution in [-0.4, -0.2) is 4.98 Å². The predicted octanol–water partition coefficient (Wildman–Crippen LogP) is 4.01. The zero-order valence-corrected chi connectivity index (χ0v) is 10.9. The van der Waals surface area contributed by atoms with Gasteiger partial charge in [-0.1, -0.05) is 12.1 Å². The molecule has 0 fully saturated rings. The minimum Gasteiger partial charge on any atom is -0.377 e. The monoisotopic (exact) mass is 244 g/mol. The van der Waals surface area contributed by atoms with Gasteiger partial charge in [0.2, 0.25) is 0 Å². The number of pyridine rings is 1. The van der Waals surface area contributed by atoms with Gasteiger partial charge >= 0.3 is 0 Å². The van der Waals surface area contributed by atoms with E-state index >= 15 is 0 Å². The van der Waals surface area contributed by atoms with Gasteiger partial charge in [-0.15, -0.1) is 0 Å². The first kappa shape index (κ1) is 12.6. The normalized spacial score (nSPS) is 12.2. The first-order chi connectivity index (χ1) is 8.58. The van der Waals surface area contributed by atoms with Crippen LogP contribution in [0.4, 0.5) is 10.1 Å². The molecule has 3 heteroatoms. The first-order valence-corrected chi connectivity index (χ1v) is 6.02. The maximum absolute atomic E-state index is 12.8. The molecule has 0 aliphatic rings. The average Bonchev–Trinajstić information content (AvgIpc) is 2.36. The minimum atomic E-state index is -0.308. The lowest BCUT2D eigenvalue weighted by Crippen LogP contribution is -2.09. The molecule has 0 aliphatic heterocycles. The maximum Gasteiger partial charge on any atom is 0.141 e. The van der Waals surface area contributed by atoms with Crippen molar-refractivity contribution >= 4 is 5.69 Å². The van der Waals surface area contributed by atoms with Gasteiger partial charge in [-0.25, -0.2) is 4.39 Å². The number of rotatable bonds is 3. The van der Waals surface area contributed by atoms with Gasteiger partial charge in [0, 0.05) is 5.69 Å². The fourth-order valence-corrected chi connectivity index (χ4v) is 1.86. The van der Waals surface area contributed by atoms with E-state index in [1.165, 1.54) is 23.4 Å². The second-order valence-corrected chi connectivity index (χ2v) is 4.51. The van der Waals surface area contributed by atoms with Gasteiger partial charge in [0.05, 0.1) is 17.9 Å². The Bertz CT molecular complexity index is 535. The fraction of sp³-hybridized carbons (Fsp3) is 0.267. The van der Waals surface area contributed by atoms with Crippen molar-refractivity contribution < 1.29 is 4.39 Å². The lowest BCUT2D eigenvalue weighted by molar-refractivity contribution is 0.617. The molecule has 2 rings (SSSR count). The summed E-state index contributed by atoms with van der Waals surface area (Å²) in [5.41, 5.74) is 4.40. The largest absolute Gasteiger partial charge is 0.377 e. The number of benzene rings is 1. The van der Waals surface area contributed by atoms with Crippen molar-refractivity contribution in [3.63, 3.8) is 0 Å². The Morgan fingerprint density at radius 1 is 1.17 bits per heavy atom. The number of nitrogens with zero attached hydrogens (tertiary/aromatic N) is 1. The van der Waals surface area contributed by atoms with E-state index < -0.39 is 0 Å². The van der Waals surface area contributed by atoms with E-state index in [0.717, 1.165) is 11.4 Å². The zero-order chi connectivity index (χ0) is 13.1. The molecule has 1 atom stereocenters. The van der Waals surface area contributed by atoms with Crippen molar-refractivity contribution in [3.8, 4) is 0 Å². The summed E-state index contributed by atoms with van der Waals surface area (Å²) in [4.78, 5) is 4.09. The average molecular weight is 244 g/mol. The summed E-state index contributed by atoms with van der Waals surface area (Å²) in [6.45, 7) is 6.19. The molecule has 0 saturated heterocycles. The third kappa shape index (κ3) is 2.67. The topological polar surface area (TPSA) is 24.9 Å². The van der Waals surface area contributed by atoms with Crippen molar-refractivity contribution in [3.05, 3.63) is 59.2 Å². The van der Waals surface area contributed by atoms with Gasteiger partial charge in [0.1, 0.15) is 5.82 Å². The van der Waals surface area contributed by atoms with E-state index in [2.05, 4.69) is 30.2 Å². The highest BCUT2D eigenvalue weighted by atomic mass is 19.1. The van der Waals surface area contributed by atoms with Crippen LogP contribution in [0.15, 0.2) is 36.5 Å². The van der Waals surface area contributed by atoms with Crippen LogP contribution in [-0.2, 0) is 0 Å². The fourth-order valence-electron chi connectivity index (χ4n) is 1.86. The molecular weight excluding hydrogens is 227 g/mol. The summed E-state index contributed by atoms with van der Waals surface area (Å²) in [5.74, 6) is -0.308. The number of nitrogens with one attached hydrogen (secondary N) is 1. The van der Waals surface area contributed by atoms with Crippen LogP contribution in [0.1, 0.15) is 29.8 Å². The standard InChI is InChI=1S/C15H17FN2/c1-10-5-4-6-14(11(10)2)18-12(3)15-8-7-13(16)9-17-15/h4-9,12,18H,1-3H3. The molecule has 0 amide bonds. The molecule has 2 nitrogen and oxygen atoms in total. The maximum atomic E-state index is 12.8. The third-order valence-corrected chi connectivity index (χ3v) is 3.17. The van der Waals surface area contributed by atoms with Crippen LogP contribution in [0.3, 0.4) is 0 Å². The summed E-state index contributed by atoms with van der Waals surface area (Å²) in [5, 5.41) is 3.40. The molecule has 2 aromatic rings. The van der Waals surface area contributed by atoms with Crippen LogP contribution >= 0.6 is 0 Å². The minimum absolute atomic E-state index is 0.0473. The van der Waals surface area contributed by atoms with Crippen molar-refractivity contribution in [2.45, 2.75) is 26.8 Å². The Morgan fingerprint density at radius 3 is 2.61 bits per heavy atom. The van der Waals surface area contributed by atoms with Gasteiger partial charge < -0.3 is 5.32 Å². The second kappa shape index (κ2) is 5.17. The Balaban J connectivity index is 2.18. The summed E-state index contributed by atoms with van der Waals surface area (Å²) in [7, 11) is 0. The van der Waals surface area contributed by atoms with E-state index in [4.69, 9.17) is 0 Å². The Kier molecular flexibility index (Phi) is 3.60. The number of halogens is 1. The van der Waals surface area contributed by atoms with Gasteiger partial charge in [0.25, 0.3) is 0 Å². The van der Waals surface area contributed by atoms with Gasteiger partial charge in [-0.3, -0.25) is 4.98 Å². The number of hydrogen-bond donors (Lipinski definition) is 1. The quantitative estimate of drug-likeness (QED) is 0.882. The molecule has 0 saturated carbocycles. The van der Waals surface area contributed by atoms with Crippen LogP contribution in [0, 0.1) is 19.7 Å². The Labute approximate surface area is 107 Å². The Morgan fingerprint density at radius 2 is 1.94 bits per heavy atom. The van der Waals surface area contributed by atoms with Crippen molar-refractivity contribution in [2.24, 2.45) is 0 Å². The molecule has 1 aromatic carbocycles. The van der Waals surface area contributed by atoms with Crippen molar-refractivity contribution in [2.75, 3.05) is 5.32 Å². The van der Waals surface area contributed by atoms with Crippen LogP contribution in [0.25, 0.3) is 0 Å². The molecule has 0 radical (unpaired) electrons. The highest BCUT2D eigenvalue weighted by molar-refractivity contribution is 5.54. The van der Waals surface area contributed by atoms with E-state index in [0.29, 0.717) is 0 Å². The van der Waals surface area contributed by atoms with Crippen LogP contribution < -0.4 is 5.32 Å². The lowest BCUT2D eigenvalue weighted by Gasteiger charge is -2.17. The Hall–Kier alpha value is -1.90. The SMILES string of the molecule is Cc1cccc(NC(C)c2ccc(F)cn2)c1C. The number of aromatic nitrogens is 1. The molecule has 94 valence electrons. The lowest BCUT2D eigenvalue weighted by atomic mass is 10.1. The van der Waals surface area contributed by atoms with Crippen molar-refractivity contribution in [1.82, 2.24) is 4.98 Å². The summed E-state index contributed by atoms with van der Waals surface area (Å²) in [6.07, 6.45) is 1.25. The molecule has 18 heavy (non-hydrogen) atoms. The van der Waals surface area contributed by atoms with E-state index in [-0.39, 0.29) is 11.9 Å². The number of hydrogen-bond acceptors (Lipinski definition) is 2. The number of anilines is 1. The molecule has 1 heterocycles. The molecule has 0 aliphatic carbocycles. The molecule has 1 aromatic heterocycles. The first-order valence-electron chi connectivity index (χ1n) is 6.02. The van der Waals surface area contributed by atoms with Gasteiger partial charge in [-0.05, 0) is 50.1 Å². The third-order valence-electron chi connectivity index (χ3n) is 3.17. The molecule has 1 N–H and O–H groups in total. The summed E-state index contributed by atoms with van der Waals surface area (Å²) < 4.78 is 12.8. The van der Waals surface area contributed by atoms with Crippen LogP contribution in [0.5, 0.6) is 0 Å². The molecule has 0 bridgehead atoms. The highest BCUT2D eigenvalue weighted by Gasteiger charge is 2.08. The summed E-state index contributed by atoms with van der Waals surface area (Å²) in [6, 6.07) is 9.34. The van der Waals surface area contributed by atoms with Crippen molar-refractivity contribution in [1.29, 1.82) is 0 Å². The van der Waals surface area contributed by atoms with E-state index in [1.54, 1.807) is 6.07 Å². The highest BCUT2D eigenvalue weighted by Crippen LogP contribution is 2.23. The van der Waals surface area contributed by atoms with Gasteiger partial charge in [-0.2, -0.15) is 0 Å². The van der Waals surface area contributed by atoms with E-state index in [9.17, 15) is 4.39 Å².